The predicted octanol–water partition coefficient (Wildman–Crippen LogP) is 2.31. The normalized spacial score (nSPS) is 14.8. The van der Waals surface area contributed by atoms with Crippen molar-refractivity contribution in [2.75, 3.05) is 28.6 Å². The number of nitrogen functional groups attached to an aromatic ring is 1. The van der Waals surface area contributed by atoms with Gasteiger partial charge in [0.2, 0.25) is 0 Å². The summed E-state index contributed by atoms with van der Waals surface area (Å²) >= 11 is 0. The molecule has 1 saturated heterocycles. The number of hydrogen-bond acceptors (Lipinski definition) is 4. The first-order valence-corrected chi connectivity index (χ1v) is 7.78. The van der Waals surface area contributed by atoms with Crippen LogP contribution in [0.5, 0.6) is 0 Å². The Kier molecular flexibility index (Phi) is 3.16. The highest BCUT2D eigenvalue weighted by Gasteiger charge is 2.31. The molecule has 1 fully saturated rings. The standard InChI is InChI=1S/C17H18N6O/c1-11-5-6-19-10-15(11)23-8-7-22(17(23)24)12-3-4-13-14(9-12)21(2)20-16(13)18/h3-6,9-10H,7-8H2,1-2H3,(H2,18,20). The van der Waals surface area contributed by atoms with Crippen LogP contribution in [0.1, 0.15) is 5.56 Å². The van der Waals surface area contributed by atoms with Gasteiger partial charge in [-0.15, -0.1) is 0 Å². The first kappa shape index (κ1) is 14.5. The molecule has 3 heterocycles. The summed E-state index contributed by atoms with van der Waals surface area (Å²) in [6.07, 6.45) is 3.47. The summed E-state index contributed by atoms with van der Waals surface area (Å²) in [7, 11) is 1.85. The van der Waals surface area contributed by atoms with Gasteiger partial charge in [0, 0.05) is 37.4 Å². The van der Waals surface area contributed by atoms with Gasteiger partial charge in [0.05, 0.1) is 17.4 Å². The molecule has 2 aromatic heterocycles. The molecular formula is C17H18N6O. The van der Waals surface area contributed by atoms with Gasteiger partial charge in [-0.25, -0.2) is 4.79 Å². The number of urea groups is 1. The van der Waals surface area contributed by atoms with Crippen molar-refractivity contribution >= 4 is 34.1 Å². The molecule has 0 aliphatic carbocycles. The van der Waals surface area contributed by atoms with Gasteiger partial charge in [-0.05, 0) is 36.8 Å². The maximum absolute atomic E-state index is 12.9. The molecule has 122 valence electrons. The van der Waals surface area contributed by atoms with E-state index in [4.69, 9.17) is 5.73 Å². The third-order valence-electron chi connectivity index (χ3n) is 4.49. The van der Waals surface area contributed by atoms with E-state index in [1.807, 2.05) is 38.2 Å². The van der Waals surface area contributed by atoms with Gasteiger partial charge >= 0.3 is 6.03 Å². The lowest BCUT2D eigenvalue weighted by molar-refractivity contribution is 0.256. The number of fused-ring (bicyclic) bond motifs is 1. The summed E-state index contributed by atoms with van der Waals surface area (Å²) in [6, 6.07) is 7.66. The Bertz CT molecular complexity index is 947. The molecule has 0 saturated carbocycles. The minimum Gasteiger partial charge on any atom is -0.382 e. The summed E-state index contributed by atoms with van der Waals surface area (Å²) < 4.78 is 1.73. The lowest BCUT2D eigenvalue weighted by Crippen LogP contribution is -2.32. The lowest BCUT2D eigenvalue weighted by atomic mass is 10.2. The van der Waals surface area contributed by atoms with Gasteiger partial charge in [0.1, 0.15) is 0 Å². The summed E-state index contributed by atoms with van der Waals surface area (Å²) in [5.41, 5.74) is 9.55. The fourth-order valence-corrected chi connectivity index (χ4v) is 3.18. The predicted molar refractivity (Wildman–Crippen MR) is 94.2 cm³/mol. The third-order valence-corrected chi connectivity index (χ3v) is 4.49. The number of nitrogens with zero attached hydrogens (tertiary/aromatic N) is 5. The zero-order valence-corrected chi connectivity index (χ0v) is 13.6. The number of benzene rings is 1. The van der Waals surface area contributed by atoms with Gasteiger partial charge in [-0.3, -0.25) is 19.5 Å². The highest BCUT2D eigenvalue weighted by Crippen LogP contribution is 2.30. The van der Waals surface area contributed by atoms with Crippen molar-refractivity contribution in [3.05, 3.63) is 42.2 Å². The Morgan fingerprint density at radius 3 is 2.75 bits per heavy atom. The molecule has 1 aromatic carbocycles. The molecule has 0 unspecified atom stereocenters. The van der Waals surface area contributed by atoms with Crippen molar-refractivity contribution in [3.8, 4) is 0 Å². The molecule has 7 heteroatoms. The average molecular weight is 322 g/mol. The molecule has 2 N–H and O–H groups in total. The molecule has 0 radical (unpaired) electrons. The molecule has 2 amide bonds. The first-order chi connectivity index (χ1) is 11.6. The average Bonchev–Trinajstić information content (AvgIpc) is 3.08. The van der Waals surface area contributed by atoms with Crippen LogP contribution in [-0.4, -0.2) is 33.9 Å². The van der Waals surface area contributed by atoms with E-state index in [1.165, 1.54) is 0 Å². The van der Waals surface area contributed by atoms with Crippen LogP contribution in [-0.2, 0) is 7.05 Å². The van der Waals surface area contributed by atoms with Crippen LogP contribution in [0, 0.1) is 6.92 Å². The highest BCUT2D eigenvalue weighted by molar-refractivity contribution is 6.07. The maximum atomic E-state index is 12.9. The zero-order chi connectivity index (χ0) is 16.8. The van der Waals surface area contributed by atoms with Crippen LogP contribution in [0.15, 0.2) is 36.7 Å². The van der Waals surface area contributed by atoms with Crippen molar-refractivity contribution in [1.29, 1.82) is 0 Å². The molecule has 1 aliphatic heterocycles. The molecule has 7 nitrogen and oxygen atoms in total. The fraction of sp³-hybridized carbons (Fsp3) is 0.235. The van der Waals surface area contributed by atoms with Crippen LogP contribution >= 0.6 is 0 Å². The van der Waals surface area contributed by atoms with Crippen LogP contribution in [0.3, 0.4) is 0 Å². The minimum atomic E-state index is -0.0411. The van der Waals surface area contributed by atoms with Crippen LogP contribution in [0.2, 0.25) is 0 Å². The molecule has 4 rings (SSSR count). The number of rotatable bonds is 2. The largest absolute Gasteiger partial charge is 0.382 e. The molecule has 24 heavy (non-hydrogen) atoms. The van der Waals surface area contributed by atoms with Crippen molar-refractivity contribution in [2.24, 2.45) is 7.05 Å². The smallest absolute Gasteiger partial charge is 0.329 e. The molecular weight excluding hydrogens is 304 g/mol. The van der Waals surface area contributed by atoms with Gasteiger partial charge in [0.15, 0.2) is 5.82 Å². The monoisotopic (exact) mass is 322 g/mol. The van der Waals surface area contributed by atoms with Crippen molar-refractivity contribution in [1.82, 2.24) is 14.8 Å². The number of aromatic nitrogens is 3. The number of hydrogen-bond donors (Lipinski definition) is 1. The zero-order valence-electron chi connectivity index (χ0n) is 13.6. The van der Waals surface area contributed by atoms with E-state index in [9.17, 15) is 4.79 Å². The number of nitrogens with two attached hydrogens (primary N) is 1. The Hall–Kier alpha value is -3.09. The summed E-state index contributed by atoms with van der Waals surface area (Å²) in [4.78, 5) is 20.5. The van der Waals surface area contributed by atoms with Gasteiger partial charge in [-0.1, -0.05) is 0 Å². The third kappa shape index (κ3) is 2.09. The highest BCUT2D eigenvalue weighted by atomic mass is 16.2. The van der Waals surface area contributed by atoms with Crippen molar-refractivity contribution in [3.63, 3.8) is 0 Å². The second-order valence-corrected chi connectivity index (χ2v) is 5.96. The maximum Gasteiger partial charge on any atom is 0.329 e. The Morgan fingerprint density at radius 2 is 1.96 bits per heavy atom. The Labute approximate surface area is 139 Å². The second-order valence-electron chi connectivity index (χ2n) is 5.96. The van der Waals surface area contributed by atoms with Crippen LogP contribution < -0.4 is 15.5 Å². The first-order valence-electron chi connectivity index (χ1n) is 7.78. The number of anilines is 3. The second kappa shape index (κ2) is 5.23. The number of carbonyl (C=O) groups is 1. The summed E-state index contributed by atoms with van der Waals surface area (Å²) in [6.45, 7) is 3.25. The van der Waals surface area contributed by atoms with Gasteiger partial charge < -0.3 is 5.73 Å². The van der Waals surface area contributed by atoms with E-state index in [0.29, 0.717) is 18.9 Å². The fourth-order valence-electron chi connectivity index (χ4n) is 3.18. The minimum absolute atomic E-state index is 0.0411. The van der Waals surface area contributed by atoms with E-state index in [2.05, 4.69) is 10.1 Å². The van der Waals surface area contributed by atoms with Crippen LogP contribution in [0.4, 0.5) is 22.0 Å². The Balaban J connectivity index is 1.70. The van der Waals surface area contributed by atoms with Crippen LogP contribution in [0.25, 0.3) is 10.9 Å². The molecule has 0 bridgehead atoms. The van der Waals surface area contributed by atoms with E-state index in [0.717, 1.165) is 27.8 Å². The summed E-state index contributed by atoms with van der Waals surface area (Å²) in [5, 5.41) is 5.12. The van der Waals surface area contributed by atoms with E-state index in [-0.39, 0.29) is 6.03 Å². The molecule has 3 aromatic rings. The quantitative estimate of drug-likeness (QED) is 0.785. The van der Waals surface area contributed by atoms with Gasteiger partial charge in [0.25, 0.3) is 0 Å². The molecule has 0 atom stereocenters. The lowest BCUT2D eigenvalue weighted by Gasteiger charge is -2.20. The topological polar surface area (TPSA) is 80.3 Å². The SMILES string of the molecule is Cc1ccncc1N1CCN(c2ccc3c(N)nn(C)c3c2)C1=O. The number of amides is 2. The van der Waals surface area contributed by atoms with Gasteiger partial charge in [-0.2, -0.15) is 5.10 Å². The number of carbonyl (C=O) groups excluding carboxylic acids is 1. The van der Waals surface area contributed by atoms with Crippen molar-refractivity contribution < 1.29 is 4.79 Å². The van der Waals surface area contributed by atoms with E-state index < -0.39 is 0 Å². The molecule has 1 aliphatic rings. The Morgan fingerprint density at radius 1 is 1.17 bits per heavy atom. The van der Waals surface area contributed by atoms with E-state index in [1.54, 1.807) is 26.9 Å². The molecule has 0 spiro atoms. The summed E-state index contributed by atoms with van der Waals surface area (Å²) in [5.74, 6) is 0.499. The number of pyridine rings is 1. The van der Waals surface area contributed by atoms with E-state index >= 15 is 0 Å². The number of aryl methyl sites for hydroxylation is 2. The van der Waals surface area contributed by atoms with Crippen molar-refractivity contribution in [2.45, 2.75) is 6.92 Å².